The Hall–Kier alpha value is -2.45. The SMILES string of the molecule is O=C(Nc1ccc(C(F)(F)F)nc1)C1CCC(N2C(=O)[C@@H]3[C@@H]4CC[C@@H](C4)[C@@H]3C2=O)CC1. The molecule has 3 amide bonds. The molecule has 1 aliphatic heterocycles. The van der Waals surface area contributed by atoms with E-state index >= 15 is 0 Å². The second kappa shape index (κ2) is 7.31. The Morgan fingerprint density at radius 2 is 1.58 bits per heavy atom. The first-order valence-corrected chi connectivity index (χ1v) is 10.9. The minimum Gasteiger partial charge on any atom is -0.324 e. The topological polar surface area (TPSA) is 79.4 Å². The number of nitrogens with one attached hydrogen (secondary N) is 1. The summed E-state index contributed by atoms with van der Waals surface area (Å²) in [4.78, 5) is 43.4. The molecule has 0 spiro atoms. The predicted octanol–water partition coefficient (Wildman–Crippen LogP) is 3.63. The van der Waals surface area contributed by atoms with E-state index in [0.717, 1.165) is 31.5 Å². The van der Waals surface area contributed by atoms with Crippen LogP contribution < -0.4 is 5.32 Å². The van der Waals surface area contributed by atoms with Gasteiger partial charge < -0.3 is 5.32 Å². The number of nitrogens with zero attached hydrogens (tertiary/aromatic N) is 2. The Morgan fingerprint density at radius 3 is 2.10 bits per heavy atom. The quantitative estimate of drug-likeness (QED) is 0.736. The lowest BCUT2D eigenvalue weighted by molar-refractivity contribution is -0.144. The fourth-order valence-electron chi connectivity index (χ4n) is 6.27. The molecule has 31 heavy (non-hydrogen) atoms. The van der Waals surface area contributed by atoms with Crippen molar-refractivity contribution in [1.29, 1.82) is 0 Å². The van der Waals surface area contributed by atoms with Gasteiger partial charge in [-0.3, -0.25) is 19.3 Å². The molecule has 1 saturated heterocycles. The average Bonchev–Trinajstić information content (AvgIpc) is 3.42. The number of imide groups is 1. The summed E-state index contributed by atoms with van der Waals surface area (Å²) >= 11 is 0. The fourth-order valence-corrected chi connectivity index (χ4v) is 6.27. The van der Waals surface area contributed by atoms with E-state index in [2.05, 4.69) is 10.3 Å². The summed E-state index contributed by atoms with van der Waals surface area (Å²) in [5.74, 6) is -0.126. The summed E-state index contributed by atoms with van der Waals surface area (Å²) in [5.41, 5.74) is -0.794. The van der Waals surface area contributed by atoms with E-state index in [-0.39, 0.29) is 47.2 Å². The van der Waals surface area contributed by atoms with Crippen LogP contribution in [0.3, 0.4) is 0 Å². The van der Waals surface area contributed by atoms with Gasteiger partial charge in [-0.1, -0.05) is 0 Å². The van der Waals surface area contributed by atoms with Gasteiger partial charge in [-0.05, 0) is 68.9 Å². The molecule has 0 unspecified atom stereocenters. The third kappa shape index (κ3) is 3.42. The van der Waals surface area contributed by atoms with Gasteiger partial charge in [-0.25, -0.2) is 4.98 Å². The smallest absolute Gasteiger partial charge is 0.324 e. The van der Waals surface area contributed by atoms with Crippen LogP contribution >= 0.6 is 0 Å². The van der Waals surface area contributed by atoms with Crippen LogP contribution in [0.5, 0.6) is 0 Å². The molecule has 4 atom stereocenters. The number of halogens is 3. The number of amides is 3. The molecule has 9 heteroatoms. The number of carbonyl (C=O) groups excluding carboxylic acids is 3. The van der Waals surface area contributed by atoms with Crippen molar-refractivity contribution in [3.63, 3.8) is 0 Å². The summed E-state index contributed by atoms with van der Waals surface area (Å²) < 4.78 is 37.8. The maximum atomic E-state index is 13.0. The Kier molecular flexibility index (Phi) is 4.82. The molecule has 2 heterocycles. The molecular weight excluding hydrogens is 411 g/mol. The van der Waals surface area contributed by atoms with Crippen LogP contribution in [-0.2, 0) is 20.6 Å². The molecule has 1 N–H and O–H groups in total. The third-order valence-electron chi connectivity index (χ3n) is 7.72. The summed E-state index contributed by atoms with van der Waals surface area (Å²) in [6, 6.07) is 1.87. The van der Waals surface area contributed by atoms with Gasteiger partial charge >= 0.3 is 6.18 Å². The lowest BCUT2D eigenvalue weighted by atomic mass is 9.81. The van der Waals surface area contributed by atoms with Crippen LogP contribution in [0.2, 0.25) is 0 Å². The van der Waals surface area contributed by atoms with Gasteiger partial charge in [0.25, 0.3) is 0 Å². The number of likely N-dealkylation sites (tertiary alicyclic amines) is 1. The number of fused-ring (bicyclic) bond motifs is 5. The maximum Gasteiger partial charge on any atom is 0.433 e. The number of rotatable bonds is 3. The van der Waals surface area contributed by atoms with E-state index in [1.165, 1.54) is 11.0 Å². The number of carbonyl (C=O) groups is 3. The summed E-state index contributed by atoms with van der Waals surface area (Å²) in [6.45, 7) is 0. The predicted molar refractivity (Wildman–Crippen MR) is 103 cm³/mol. The summed E-state index contributed by atoms with van der Waals surface area (Å²) in [5, 5.41) is 2.63. The van der Waals surface area contributed by atoms with Crippen molar-refractivity contribution in [1.82, 2.24) is 9.88 Å². The molecule has 4 aliphatic rings. The average molecular weight is 435 g/mol. The Bertz CT molecular complexity index is 881. The van der Waals surface area contributed by atoms with E-state index in [9.17, 15) is 27.6 Å². The molecule has 5 rings (SSSR count). The molecular formula is C22H24F3N3O3. The highest BCUT2D eigenvalue weighted by Gasteiger charge is 2.61. The Morgan fingerprint density at radius 1 is 0.968 bits per heavy atom. The van der Waals surface area contributed by atoms with Gasteiger partial charge in [0, 0.05) is 12.0 Å². The van der Waals surface area contributed by atoms with Gasteiger partial charge in [0.1, 0.15) is 5.69 Å². The van der Waals surface area contributed by atoms with E-state index in [1.807, 2.05) is 0 Å². The largest absolute Gasteiger partial charge is 0.433 e. The van der Waals surface area contributed by atoms with Crippen molar-refractivity contribution < 1.29 is 27.6 Å². The van der Waals surface area contributed by atoms with Crippen molar-refractivity contribution in [2.45, 2.75) is 57.2 Å². The minimum absolute atomic E-state index is 0.00840. The van der Waals surface area contributed by atoms with Crippen molar-refractivity contribution in [3.8, 4) is 0 Å². The molecule has 6 nitrogen and oxygen atoms in total. The van der Waals surface area contributed by atoms with E-state index in [1.54, 1.807) is 0 Å². The molecule has 3 aliphatic carbocycles. The van der Waals surface area contributed by atoms with Crippen molar-refractivity contribution in [2.24, 2.45) is 29.6 Å². The van der Waals surface area contributed by atoms with Crippen molar-refractivity contribution in [2.75, 3.05) is 5.32 Å². The lowest BCUT2D eigenvalue weighted by Gasteiger charge is -2.33. The molecule has 0 radical (unpaired) electrons. The maximum absolute atomic E-state index is 13.0. The highest BCUT2D eigenvalue weighted by atomic mass is 19.4. The fraction of sp³-hybridized carbons (Fsp3) is 0.636. The van der Waals surface area contributed by atoms with Crippen LogP contribution in [0.25, 0.3) is 0 Å². The van der Waals surface area contributed by atoms with Crippen LogP contribution in [-0.4, -0.2) is 33.6 Å². The molecule has 2 bridgehead atoms. The Balaban J connectivity index is 1.18. The number of anilines is 1. The standard InChI is InChI=1S/C22H24F3N3O3/c23-22(24,25)16-8-5-14(10-26-16)27-19(29)11-3-6-15(7-4-11)28-20(30)17-12-1-2-13(9-12)18(17)21(28)31/h5,8,10-13,15,17-18H,1-4,6-7,9H2,(H,27,29)/t11?,12-,13+,15?,17-,18+. The van der Waals surface area contributed by atoms with Gasteiger partial charge in [0.15, 0.2) is 0 Å². The minimum atomic E-state index is -4.52. The summed E-state index contributed by atoms with van der Waals surface area (Å²) in [6.07, 6.45) is 1.80. The second-order valence-electron chi connectivity index (χ2n) is 9.36. The highest BCUT2D eigenvalue weighted by Crippen LogP contribution is 2.56. The number of alkyl halides is 3. The lowest BCUT2D eigenvalue weighted by Crippen LogP contribution is -2.44. The number of aromatic nitrogens is 1. The van der Waals surface area contributed by atoms with Crippen molar-refractivity contribution >= 4 is 23.4 Å². The molecule has 3 saturated carbocycles. The van der Waals surface area contributed by atoms with Gasteiger partial charge in [0.2, 0.25) is 17.7 Å². The first-order valence-electron chi connectivity index (χ1n) is 10.9. The zero-order valence-electron chi connectivity index (χ0n) is 16.9. The number of hydrogen-bond donors (Lipinski definition) is 1. The van der Waals surface area contributed by atoms with Crippen LogP contribution in [0, 0.1) is 29.6 Å². The van der Waals surface area contributed by atoms with Crippen LogP contribution in [0.15, 0.2) is 18.3 Å². The van der Waals surface area contributed by atoms with Crippen LogP contribution in [0.4, 0.5) is 18.9 Å². The molecule has 0 aromatic carbocycles. The monoisotopic (exact) mass is 435 g/mol. The Labute approximate surface area is 177 Å². The van der Waals surface area contributed by atoms with Gasteiger partial charge in [0.05, 0.1) is 23.7 Å². The van der Waals surface area contributed by atoms with Gasteiger partial charge in [-0.15, -0.1) is 0 Å². The molecule has 1 aromatic heterocycles. The van der Waals surface area contributed by atoms with E-state index in [4.69, 9.17) is 0 Å². The van der Waals surface area contributed by atoms with Gasteiger partial charge in [-0.2, -0.15) is 13.2 Å². The first-order chi connectivity index (χ1) is 14.7. The normalized spacial score (nSPS) is 34.9. The van der Waals surface area contributed by atoms with E-state index < -0.39 is 11.9 Å². The molecule has 1 aromatic rings. The highest BCUT2D eigenvalue weighted by molar-refractivity contribution is 6.06. The molecule has 4 fully saturated rings. The van der Waals surface area contributed by atoms with Crippen LogP contribution in [0.1, 0.15) is 50.6 Å². The van der Waals surface area contributed by atoms with Crippen molar-refractivity contribution in [3.05, 3.63) is 24.0 Å². The third-order valence-corrected chi connectivity index (χ3v) is 7.72. The van der Waals surface area contributed by atoms with E-state index in [0.29, 0.717) is 37.5 Å². The second-order valence-corrected chi connectivity index (χ2v) is 9.36. The number of pyridine rings is 1. The zero-order chi connectivity index (χ0) is 21.9. The zero-order valence-corrected chi connectivity index (χ0v) is 16.9. The first kappa shape index (κ1) is 20.5. The number of hydrogen-bond acceptors (Lipinski definition) is 4. The molecule has 166 valence electrons. The summed E-state index contributed by atoms with van der Waals surface area (Å²) in [7, 11) is 0.